The summed E-state index contributed by atoms with van der Waals surface area (Å²) in [7, 11) is 0. The molecule has 0 aliphatic rings. The third-order valence-corrected chi connectivity index (χ3v) is 3.88. The van der Waals surface area contributed by atoms with Crippen molar-refractivity contribution < 1.29 is 18.3 Å². The SMILES string of the molecule is CC(COc1ccc(F)cc1F)NC(=O)c1cc(Cl)nc2ccccc12. The van der Waals surface area contributed by atoms with E-state index in [0.29, 0.717) is 16.5 Å². The van der Waals surface area contributed by atoms with Crippen LogP contribution in [-0.2, 0) is 0 Å². The van der Waals surface area contributed by atoms with Gasteiger partial charge >= 0.3 is 0 Å². The molecule has 0 saturated heterocycles. The molecule has 7 heteroatoms. The van der Waals surface area contributed by atoms with Crippen molar-refractivity contribution in [3.8, 4) is 5.75 Å². The summed E-state index contributed by atoms with van der Waals surface area (Å²) < 4.78 is 31.8. The molecule has 0 radical (unpaired) electrons. The largest absolute Gasteiger partial charge is 0.488 e. The summed E-state index contributed by atoms with van der Waals surface area (Å²) in [6.45, 7) is 1.73. The average molecular weight is 377 g/mol. The highest BCUT2D eigenvalue weighted by Gasteiger charge is 2.15. The Kier molecular flexibility index (Phi) is 5.32. The van der Waals surface area contributed by atoms with Gasteiger partial charge in [-0.2, -0.15) is 0 Å². The van der Waals surface area contributed by atoms with Gasteiger partial charge in [-0.3, -0.25) is 4.79 Å². The molecule has 3 rings (SSSR count). The van der Waals surface area contributed by atoms with E-state index in [1.54, 1.807) is 31.2 Å². The number of hydrogen-bond acceptors (Lipinski definition) is 3. The zero-order valence-electron chi connectivity index (χ0n) is 13.8. The van der Waals surface area contributed by atoms with E-state index in [1.807, 2.05) is 0 Å². The van der Waals surface area contributed by atoms with E-state index in [-0.39, 0.29) is 23.4 Å². The number of carbonyl (C=O) groups is 1. The first-order valence-corrected chi connectivity index (χ1v) is 8.26. The number of rotatable bonds is 5. The number of nitrogens with one attached hydrogen (secondary N) is 1. The van der Waals surface area contributed by atoms with Gasteiger partial charge in [0.15, 0.2) is 11.6 Å². The van der Waals surface area contributed by atoms with E-state index in [2.05, 4.69) is 10.3 Å². The topological polar surface area (TPSA) is 51.2 Å². The second kappa shape index (κ2) is 7.66. The van der Waals surface area contributed by atoms with Crippen LogP contribution >= 0.6 is 11.6 Å². The maximum atomic E-state index is 13.6. The lowest BCUT2D eigenvalue weighted by Gasteiger charge is -2.16. The smallest absolute Gasteiger partial charge is 0.252 e. The van der Waals surface area contributed by atoms with Crippen molar-refractivity contribution in [1.82, 2.24) is 10.3 Å². The van der Waals surface area contributed by atoms with E-state index < -0.39 is 17.7 Å². The Morgan fingerprint density at radius 1 is 1.23 bits per heavy atom. The van der Waals surface area contributed by atoms with Crippen molar-refractivity contribution in [2.75, 3.05) is 6.61 Å². The van der Waals surface area contributed by atoms with Crippen molar-refractivity contribution in [2.24, 2.45) is 0 Å². The number of amides is 1. The molecule has 4 nitrogen and oxygen atoms in total. The van der Waals surface area contributed by atoms with Crippen molar-refractivity contribution in [1.29, 1.82) is 0 Å². The third-order valence-electron chi connectivity index (χ3n) is 3.69. The van der Waals surface area contributed by atoms with E-state index in [0.717, 1.165) is 12.1 Å². The molecule has 134 valence electrons. The number of benzene rings is 2. The summed E-state index contributed by atoms with van der Waals surface area (Å²) in [6.07, 6.45) is 0. The number of fused-ring (bicyclic) bond motifs is 1. The van der Waals surface area contributed by atoms with Crippen molar-refractivity contribution >= 4 is 28.4 Å². The molecule has 1 amide bonds. The van der Waals surface area contributed by atoms with Crippen LogP contribution in [0.15, 0.2) is 48.5 Å². The fourth-order valence-electron chi connectivity index (χ4n) is 2.48. The molecule has 1 N–H and O–H groups in total. The summed E-state index contributed by atoms with van der Waals surface area (Å²) >= 11 is 5.99. The normalized spacial score (nSPS) is 12.0. The molecular formula is C19H15ClF2N2O2. The van der Waals surface area contributed by atoms with Gasteiger partial charge in [-0.15, -0.1) is 0 Å². The van der Waals surface area contributed by atoms with E-state index in [4.69, 9.17) is 16.3 Å². The molecule has 1 unspecified atom stereocenters. The maximum Gasteiger partial charge on any atom is 0.252 e. The summed E-state index contributed by atoms with van der Waals surface area (Å²) in [5, 5.41) is 3.66. The standard InChI is InChI=1S/C19H15ClF2N2O2/c1-11(10-26-17-7-6-12(21)8-15(17)22)23-19(25)14-9-18(20)24-16-5-3-2-4-13(14)16/h2-9,11H,10H2,1H3,(H,23,25). The number of hydrogen-bond donors (Lipinski definition) is 1. The van der Waals surface area contributed by atoms with Crippen molar-refractivity contribution in [2.45, 2.75) is 13.0 Å². The maximum absolute atomic E-state index is 13.6. The van der Waals surface area contributed by atoms with Crippen LogP contribution in [0.4, 0.5) is 8.78 Å². The molecule has 3 aromatic rings. The molecule has 1 heterocycles. The van der Waals surface area contributed by atoms with Gasteiger partial charge < -0.3 is 10.1 Å². The number of halogens is 3. The van der Waals surface area contributed by atoms with Crippen molar-refractivity contribution in [3.05, 3.63) is 70.9 Å². The third kappa shape index (κ3) is 4.08. The summed E-state index contributed by atoms with van der Waals surface area (Å²) in [5.74, 6) is -1.90. The monoisotopic (exact) mass is 376 g/mol. The molecule has 0 fully saturated rings. The predicted molar refractivity (Wildman–Crippen MR) is 95.5 cm³/mol. The van der Waals surface area contributed by atoms with Gasteiger partial charge in [0.25, 0.3) is 5.91 Å². The Hall–Kier alpha value is -2.73. The highest BCUT2D eigenvalue weighted by atomic mass is 35.5. The van der Waals surface area contributed by atoms with E-state index in [9.17, 15) is 13.6 Å². The van der Waals surface area contributed by atoms with Gasteiger partial charge in [0.2, 0.25) is 0 Å². The molecule has 1 atom stereocenters. The van der Waals surface area contributed by atoms with E-state index in [1.165, 1.54) is 12.1 Å². The van der Waals surface area contributed by atoms with Crippen LogP contribution in [0.3, 0.4) is 0 Å². The first-order valence-electron chi connectivity index (χ1n) is 7.88. The van der Waals surface area contributed by atoms with Gasteiger partial charge in [0.1, 0.15) is 17.6 Å². The van der Waals surface area contributed by atoms with Crippen LogP contribution in [0.2, 0.25) is 5.15 Å². The lowest BCUT2D eigenvalue weighted by molar-refractivity contribution is 0.0927. The fourth-order valence-corrected chi connectivity index (χ4v) is 2.68. The predicted octanol–water partition coefficient (Wildman–Crippen LogP) is 4.36. The number of nitrogens with zero attached hydrogens (tertiary/aromatic N) is 1. The summed E-state index contributed by atoms with van der Waals surface area (Å²) in [6, 6.07) is 11.3. The quantitative estimate of drug-likeness (QED) is 0.673. The first kappa shape index (κ1) is 18.1. The zero-order chi connectivity index (χ0) is 18.7. The Bertz CT molecular complexity index is 965. The Morgan fingerprint density at radius 2 is 2.00 bits per heavy atom. The van der Waals surface area contributed by atoms with Gasteiger partial charge in [0.05, 0.1) is 17.1 Å². The van der Waals surface area contributed by atoms with Gasteiger partial charge in [-0.25, -0.2) is 13.8 Å². The minimum Gasteiger partial charge on any atom is -0.488 e. The van der Waals surface area contributed by atoms with Crippen LogP contribution in [0.1, 0.15) is 17.3 Å². The minimum absolute atomic E-state index is 0.0189. The fraction of sp³-hybridized carbons (Fsp3) is 0.158. The van der Waals surface area contributed by atoms with Gasteiger partial charge in [0, 0.05) is 11.5 Å². The van der Waals surface area contributed by atoms with E-state index >= 15 is 0 Å². The Labute approximate surface area is 153 Å². The summed E-state index contributed by atoms with van der Waals surface area (Å²) in [5.41, 5.74) is 1.00. The van der Waals surface area contributed by atoms with Crippen LogP contribution in [0.5, 0.6) is 5.75 Å². The molecular weight excluding hydrogens is 362 g/mol. The van der Waals surface area contributed by atoms with Crippen LogP contribution in [0.25, 0.3) is 10.9 Å². The first-order chi connectivity index (χ1) is 12.4. The van der Waals surface area contributed by atoms with Crippen molar-refractivity contribution in [3.63, 3.8) is 0 Å². The lowest BCUT2D eigenvalue weighted by atomic mass is 10.1. The minimum atomic E-state index is -0.796. The van der Waals surface area contributed by atoms with Crippen LogP contribution in [-0.4, -0.2) is 23.5 Å². The highest BCUT2D eigenvalue weighted by Crippen LogP contribution is 2.21. The van der Waals surface area contributed by atoms with Crippen LogP contribution in [0, 0.1) is 11.6 Å². The second-order valence-electron chi connectivity index (χ2n) is 5.77. The molecule has 2 aromatic carbocycles. The zero-order valence-corrected chi connectivity index (χ0v) is 14.6. The Balaban J connectivity index is 1.70. The molecule has 0 bridgehead atoms. The number of aromatic nitrogens is 1. The molecule has 0 aliphatic heterocycles. The van der Waals surface area contributed by atoms with Gasteiger partial charge in [-0.1, -0.05) is 29.8 Å². The molecule has 1 aromatic heterocycles. The van der Waals surface area contributed by atoms with Crippen LogP contribution < -0.4 is 10.1 Å². The average Bonchev–Trinajstić information content (AvgIpc) is 2.60. The van der Waals surface area contributed by atoms with Gasteiger partial charge in [-0.05, 0) is 31.2 Å². The molecule has 26 heavy (non-hydrogen) atoms. The molecule has 0 aliphatic carbocycles. The number of pyridine rings is 1. The summed E-state index contributed by atoms with van der Waals surface area (Å²) in [4.78, 5) is 16.7. The number of ether oxygens (including phenoxy) is 1. The number of para-hydroxylation sites is 1. The highest BCUT2D eigenvalue weighted by molar-refractivity contribution is 6.30. The molecule has 0 saturated carbocycles. The second-order valence-corrected chi connectivity index (χ2v) is 6.16. The number of carbonyl (C=O) groups excluding carboxylic acids is 1. The lowest BCUT2D eigenvalue weighted by Crippen LogP contribution is -2.37. The molecule has 0 spiro atoms. The Morgan fingerprint density at radius 3 is 2.77 bits per heavy atom.